The van der Waals surface area contributed by atoms with Crippen molar-refractivity contribution < 1.29 is 4.52 Å². The maximum Gasteiger partial charge on any atom is 0.258 e. The summed E-state index contributed by atoms with van der Waals surface area (Å²) in [6, 6.07) is 7.06. The summed E-state index contributed by atoms with van der Waals surface area (Å²) in [4.78, 5) is 12.1. The molecule has 0 amide bonds. The normalized spacial score (nSPS) is 10.5. The van der Waals surface area contributed by atoms with Gasteiger partial charge in [0.05, 0.1) is 0 Å². The predicted octanol–water partition coefficient (Wildman–Crippen LogP) is 2.85. The molecule has 0 unspecified atom stereocenters. The second-order valence-electron chi connectivity index (χ2n) is 3.53. The lowest BCUT2D eigenvalue weighted by Gasteiger charge is -1.93. The molecule has 0 atom stereocenters. The molecule has 0 saturated carbocycles. The number of halogens is 1. The Morgan fingerprint density at radius 1 is 1.00 bits per heavy atom. The van der Waals surface area contributed by atoms with Crippen molar-refractivity contribution in [1.82, 2.24) is 20.1 Å². The third-order valence-corrected chi connectivity index (χ3v) is 2.54. The zero-order valence-corrected chi connectivity index (χ0v) is 9.87. The highest BCUT2D eigenvalue weighted by molar-refractivity contribution is 6.29. The van der Waals surface area contributed by atoms with Crippen molar-refractivity contribution in [3.05, 3.63) is 48.0 Å². The average Bonchev–Trinajstić information content (AvgIpc) is 2.89. The van der Waals surface area contributed by atoms with Gasteiger partial charge in [-0.25, -0.2) is 4.98 Å². The molecule has 0 fully saturated rings. The van der Waals surface area contributed by atoms with E-state index in [1.165, 1.54) is 0 Å². The zero-order chi connectivity index (χ0) is 12.4. The summed E-state index contributed by atoms with van der Waals surface area (Å²) in [7, 11) is 0. The van der Waals surface area contributed by atoms with E-state index < -0.39 is 0 Å². The molecule has 0 spiro atoms. The van der Waals surface area contributed by atoms with Gasteiger partial charge < -0.3 is 4.52 Å². The summed E-state index contributed by atoms with van der Waals surface area (Å²) in [6.07, 6.45) is 4.94. The average molecular weight is 259 g/mol. The molecule has 3 heterocycles. The first-order valence-corrected chi connectivity index (χ1v) is 5.57. The molecule has 0 bridgehead atoms. The van der Waals surface area contributed by atoms with Crippen molar-refractivity contribution in [2.75, 3.05) is 0 Å². The molecule has 5 nitrogen and oxygen atoms in total. The Kier molecular flexibility index (Phi) is 2.74. The number of nitrogens with zero attached hydrogens (tertiary/aromatic N) is 4. The quantitative estimate of drug-likeness (QED) is 0.661. The maximum atomic E-state index is 5.81. The third kappa shape index (κ3) is 2.08. The van der Waals surface area contributed by atoms with E-state index in [9.17, 15) is 0 Å². The van der Waals surface area contributed by atoms with Gasteiger partial charge in [-0.2, -0.15) is 4.98 Å². The van der Waals surface area contributed by atoms with Crippen LogP contribution in [0.5, 0.6) is 0 Å². The zero-order valence-electron chi connectivity index (χ0n) is 9.12. The standard InChI is InChI=1S/C12H7ClN4O/c13-10-7-9(3-6-15-10)12-16-11(17-18-12)8-1-4-14-5-2-8/h1-7H. The minimum atomic E-state index is 0.385. The van der Waals surface area contributed by atoms with Gasteiger partial charge in [-0.1, -0.05) is 16.8 Å². The van der Waals surface area contributed by atoms with Crippen molar-refractivity contribution >= 4 is 11.6 Å². The predicted molar refractivity (Wildman–Crippen MR) is 65.8 cm³/mol. The first-order valence-electron chi connectivity index (χ1n) is 5.19. The highest BCUT2D eigenvalue weighted by atomic mass is 35.5. The van der Waals surface area contributed by atoms with Crippen LogP contribution in [0.1, 0.15) is 0 Å². The lowest BCUT2D eigenvalue weighted by atomic mass is 10.2. The van der Waals surface area contributed by atoms with Gasteiger partial charge in [0.2, 0.25) is 5.82 Å². The summed E-state index contributed by atoms with van der Waals surface area (Å²) >= 11 is 5.81. The third-order valence-electron chi connectivity index (χ3n) is 2.34. The summed E-state index contributed by atoms with van der Waals surface area (Å²) in [5, 5.41) is 4.30. The molecule has 0 aromatic carbocycles. The van der Waals surface area contributed by atoms with E-state index in [-0.39, 0.29) is 0 Å². The molecule has 3 rings (SSSR count). The van der Waals surface area contributed by atoms with Gasteiger partial charge in [0, 0.05) is 29.7 Å². The number of hydrogen-bond acceptors (Lipinski definition) is 5. The molecule has 3 aromatic rings. The van der Waals surface area contributed by atoms with E-state index in [4.69, 9.17) is 16.1 Å². The molecule has 0 N–H and O–H groups in total. The van der Waals surface area contributed by atoms with Crippen LogP contribution in [0.2, 0.25) is 5.15 Å². The van der Waals surface area contributed by atoms with Crippen molar-refractivity contribution in [3.8, 4) is 22.8 Å². The van der Waals surface area contributed by atoms with E-state index >= 15 is 0 Å². The Balaban J connectivity index is 2.00. The first kappa shape index (κ1) is 10.9. The monoisotopic (exact) mass is 258 g/mol. The molecule has 18 heavy (non-hydrogen) atoms. The van der Waals surface area contributed by atoms with Crippen LogP contribution in [0, 0.1) is 0 Å². The second kappa shape index (κ2) is 4.54. The smallest absolute Gasteiger partial charge is 0.258 e. The van der Waals surface area contributed by atoms with Crippen LogP contribution in [-0.4, -0.2) is 20.1 Å². The fourth-order valence-corrected chi connectivity index (χ4v) is 1.67. The van der Waals surface area contributed by atoms with E-state index in [1.54, 1.807) is 30.7 Å². The van der Waals surface area contributed by atoms with Crippen LogP contribution in [0.4, 0.5) is 0 Å². The largest absolute Gasteiger partial charge is 0.334 e. The van der Waals surface area contributed by atoms with Gasteiger partial charge >= 0.3 is 0 Å². The van der Waals surface area contributed by atoms with Crippen molar-refractivity contribution in [2.24, 2.45) is 0 Å². The van der Waals surface area contributed by atoms with E-state index in [0.29, 0.717) is 16.9 Å². The SMILES string of the molecule is Clc1cc(-c2nc(-c3ccncc3)no2)ccn1. The Hall–Kier alpha value is -2.27. The highest BCUT2D eigenvalue weighted by Gasteiger charge is 2.10. The summed E-state index contributed by atoms with van der Waals surface area (Å²) in [5.74, 6) is 0.923. The topological polar surface area (TPSA) is 64.7 Å². The Bertz CT molecular complexity index is 669. The fraction of sp³-hybridized carbons (Fsp3) is 0. The molecular formula is C12H7ClN4O. The summed E-state index contributed by atoms with van der Waals surface area (Å²) in [6.45, 7) is 0. The van der Waals surface area contributed by atoms with Gasteiger partial charge in [0.25, 0.3) is 5.89 Å². The highest BCUT2D eigenvalue weighted by Crippen LogP contribution is 2.22. The van der Waals surface area contributed by atoms with E-state index in [1.807, 2.05) is 12.1 Å². The van der Waals surface area contributed by atoms with Crippen molar-refractivity contribution in [1.29, 1.82) is 0 Å². The summed E-state index contributed by atoms with van der Waals surface area (Å²) in [5.41, 5.74) is 1.59. The minimum absolute atomic E-state index is 0.385. The van der Waals surface area contributed by atoms with Crippen molar-refractivity contribution in [3.63, 3.8) is 0 Å². The molecule has 0 aliphatic carbocycles. The number of aromatic nitrogens is 4. The van der Waals surface area contributed by atoms with E-state index in [2.05, 4.69) is 20.1 Å². The van der Waals surface area contributed by atoms with Gasteiger partial charge in [-0.3, -0.25) is 4.98 Å². The molecule has 0 radical (unpaired) electrons. The lowest BCUT2D eigenvalue weighted by molar-refractivity contribution is 0.432. The number of rotatable bonds is 2. The molecular weight excluding hydrogens is 252 g/mol. The molecule has 0 saturated heterocycles. The molecule has 88 valence electrons. The molecule has 0 aliphatic heterocycles. The lowest BCUT2D eigenvalue weighted by Crippen LogP contribution is -1.82. The van der Waals surface area contributed by atoms with Gasteiger partial charge in [0.1, 0.15) is 5.15 Å². The van der Waals surface area contributed by atoms with Gasteiger partial charge in [-0.05, 0) is 24.3 Å². The Labute approximate surface area is 107 Å². The van der Waals surface area contributed by atoms with Crippen LogP contribution >= 0.6 is 11.6 Å². The van der Waals surface area contributed by atoms with Gasteiger partial charge in [-0.15, -0.1) is 0 Å². The Morgan fingerprint density at radius 2 is 1.78 bits per heavy atom. The van der Waals surface area contributed by atoms with Crippen LogP contribution < -0.4 is 0 Å². The minimum Gasteiger partial charge on any atom is -0.334 e. The van der Waals surface area contributed by atoms with Crippen molar-refractivity contribution in [2.45, 2.75) is 0 Å². The number of pyridine rings is 2. The Morgan fingerprint density at radius 3 is 2.56 bits per heavy atom. The fourth-order valence-electron chi connectivity index (χ4n) is 1.49. The van der Waals surface area contributed by atoms with Crippen LogP contribution in [0.15, 0.2) is 47.4 Å². The number of hydrogen-bond donors (Lipinski definition) is 0. The van der Waals surface area contributed by atoms with Crippen LogP contribution in [0.3, 0.4) is 0 Å². The maximum absolute atomic E-state index is 5.81. The molecule has 3 aromatic heterocycles. The summed E-state index contributed by atoms with van der Waals surface area (Å²) < 4.78 is 5.19. The first-order chi connectivity index (χ1) is 8.83. The second-order valence-corrected chi connectivity index (χ2v) is 3.91. The van der Waals surface area contributed by atoms with Crippen LogP contribution in [0.25, 0.3) is 22.8 Å². The van der Waals surface area contributed by atoms with Crippen LogP contribution in [-0.2, 0) is 0 Å². The van der Waals surface area contributed by atoms with Gasteiger partial charge in [0.15, 0.2) is 0 Å². The molecule has 6 heteroatoms. The molecule has 0 aliphatic rings. The van der Waals surface area contributed by atoms with E-state index in [0.717, 1.165) is 11.1 Å².